The number of rotatable bonds is 5. The summed E-state index contributed by atoms with van der Waals surface area (Å²) in [5.41, 5.74) is 2.70. The number of hydrogen-bond donors (Lipinski definition) is 2. The van der Waals surface area contributed by atoms with E-state index in [2.05, 4.69) is 41.8 Å². The van der Waals surface area contributed by atoms with Gasteiger partial charge in [0.05, 0.1) is 0 Å². The van der Waals surface area contributed by atoms with E-state index in [1.165, 1.54) is 11.1 Å². The topological polar surface area (TPSA) is 24.1 Å². The van der Waals surface area contributed by atoms with Crippen molar-refractivity contribution in [3.63, 3.8) is 0 Å². The van der Waals surface area contributed by atoms with Crippen LogP contribution < -0.4 is 10.6 Å². The smallest absolute Gasteiger partial charge is 0.0205 e. The van der Waals surface area contributed by atoms with Crippen molar-refractivity contribution in [2.24, 2.45) is 0 Å². The van der Waals surface area contributed by atoms with Crippen LogP contribution in [-0.2, 0) is 13.1 Å². The van der Waals surface area contributed by atoms with Gasteiger partial charge >= 0.3 is 0 Å². The first-order valence-electron chi connectivity index (χ1n) is 4.80. The summed E-state index contributed by atoms with van der Waals surface area (Å²) in [6.07, 6.45) is 0. The van der Waals surface area contributed by atoms with E-state index < -0.39 is 0 Å². The molecule has 0 fully saturated rings. The Balaban J connectivity index is 2.56. The molecule has 0 radical (unpaired) electrons. The normalized spacial score (nSPS) is 10.3. The molecule has 0 amide bonds. The number of hydrogen-bond acceptors (Lipinski definition) is 2. The van der Waals surface area contributed by atoms with Gasteiger partial charge in [-0.15, -0.1) is 0 Å². The van der Waals surface area contributed by atoms with Gasteiger partial charge in [0.2, 0.25) is 0 Å². The van der Waals surface area contributed by atoms with Crippen molar-refractivity contribution >= 4 is 0 Å². The van der Waals surface area contributed by atoms with Gasteiger partial charge in [0.15, 0.2) is 0 Å². The second kappa shape index (κ2) is 5.73. The van der Waals surface area contributed by atoms with Crippen LogP contribution in [0.25, 0.3) is 0 Å². The van der Waals surface area contributed by atoms with Gasteiger partial charge in [0.25, 0.3) is 0 Å². The fourth-order valence-electron chi connectivity index (χ4n) is 1.32. The van der Waals surface area contributed by atoms with Crippen LogP contribution in [0.5, 0.6) is 0 Å². The minimum absolute atomic E-state index is 0.944. The number of nitrogens with one attached hydrogen (secondary N) is 2. The lowest BCUT2D eigenvalue weighted by Gasteiger charge is -2.04. The van der Waals surface area contributed by atoms with E-state index in [0.717, 1.165) is 19.6 Å². The molecule has 0 spiro atoms. The van der Waals surface area contributed by atoms with Crippen molar-refractivity contribution in [2.45, 2.75) is 20.0 Å². The summed E-state index contributed by atoms with van der Waals surface area (Å²) >= 11 is 0. The highest BCUT2D eigenvalue weighted by Gasteiger charge is 1.93. The van der Waals surface area contributed by atoms with E-state index in [1.54, 1.807) is 0 Å². The van der Waals surface area contributed by atoms with Crippen molar-refractivity contribution in [1.82, 2.24) is 10.6 Å². The van der Waals surface area contributed by atoms with E-state index >= 15 is 0 Å². The summed E-state index contributed by atoms with van der Waals surface area (Å²) in [6, 6.07) is 8.65. The molecule has 13 heavy (non-hydrogen) atoms. The molecule has 1 rings (SSSR count). The first-order chi connectivity index (χ1) is 6.36. The first-order valence-corrected chi connectivity index (χ1v) is 4.80. The van der Waals surface area contributed by atoms with Crippen LogP contribution in [0, 0.1) is 0 Å². The molecule has 0 unspecified atom stereocenters. The van der Waals surface area contributed by atoms with E-state index in [1.807, 2.05) is 7.05 Å². The van der Waals surface area contributed by atoms with Crippen LogP contribution in [0.4, 0.5) is 0 Å². The Hall–Kier alpha value is -0.860. The highest BCUT2D eigenvalue weighted by molar-refractivity contribution is 5.23. The molecule has 0 bridgehead atoms. The SMILES string of the molecule is CCNCc1cccc(CNC)c1. The number of benzene rings is 1. The summed E-state index contributed by atoms with van der Waals surface area (Å²) in [4.78, 5) is 0. The van der Waals surface area contributed by atoms with Gasteiger partial charge in [0, 0.05) is 13.1 Å². The maximum atomic E-state index is 3.31. The first kappa shape index (κ1) is 10.2. The molecule has 0 aromatic heterocycles. The zero-order valence-corrected chi connectivity index (χ0v) is 8.43. The van der Waals surface area contributed by atoms with Gasteiger partial charge in [-0.1, -0.05) is 31.2 Å². The zero-order valence-electron chi connectivity index (χ0n) is 8.43. The minimum atomic E-state index is 0.944. The van der Waals surface area contributed by atoms with Gasteiger partial charge < -0.3 is 10.6 Å². The molecular weight excluding hydrogens is 160 g/mol. The standard InChI is InChI=1S/C11H18N2/c1-3-13-9-11-6-4-5-10(7-11)8-12-2/h4-7,12-13H,3,8-9H2,1-2H3. The second-order valence-electron chi connectivity index (χ2n) is 3.13. The second-order valence-corrected chi connectivity index (χ2v) is 3.13. The fourth-order valence-corrected chi connectivity index (χ4v) is 1.32. The van der Waals surface area contributed by atoms with Crippen LogP contribution in [0.15, 0.2) is 24.3 Å². The highest BCUT2D eigenvalue weighted by Crippen LogP contribution is 2.04. The monoisotopic (exact) mass is 178 g/mol. The molecule has 0 aliphatic carbocycles. The van der Waals surface area contributed by atoms with Crippen molar-refractivity contribution in [1.29, 1.82) is 0 Å². The Morgan fingerprint density at radius 1 is 1.15 bits per heavy atom. The Bertz CT molecular complexity index is 246. The van der Waals surface area contributed by atoms with Crippen molar-refractivity contribution in [3.05, 3.63) is 35.4 Å². The summed E-state index contributed by atoms with van der Waals surface area (Å²) in [5, 5.41) is 6.46. The van der Waals surface area contributed by atoms with E-state index in [-0.39, 0.29) is 0 Å². The lowest BCUT2D eigenvalue weighted by Crippen LogP contribution is -2.12. The van der Waals surface area contributed by atoms with Crippen molar-refractivity contribution in [3.8, 4) is 0 Å². The molecule has 0 aliphatic heterocycles. The summed E-state index contributed by atoms with van der Waals surface area (Å²) < 4.78 is 0. The molecule has 0 atom stereocenters. The lowest BCUT2D eigenvalue weighted by molar-refractivity contribution is 0.724. The Labute approximate surface area is 80.4 Å². The summed E-state index contributed by atoms with van der Waals surface area (Å²) in [6.45, 7) is 5.06. The zero-order chi connectivity index (χ0) is 9.52. The average molecular weight is 178 g/mol. The largest absolute Gasteiger partial charge is 0.316 e. The lowest BCUT2D eigenvalue weighted by atomic mass is 10.1. The van der Waals surface area contributed by atoms with Gasteiger partial charge in [-0.25, -0.2) is 0 Å². The van der Waals surface area contributed by atoms with Crippen LogP contribution >= 0.6 is 0 Å². The molecule has 2 nitrogen and oxygen atoms in total. The Morgan fingerprint density at radius 2 is 1.85 bits per heavy atom. The van der Waals surface area contributed by atoms with Crippen molar-refractivity contribution in [2.75, 3.05) is 13.6 Å². The van der Waals surface area contributed by atoms with Crippen molar-refractivity contribution < 1.29 is 0 Å². The highest BCUT2D eigenvalue weighted by atomic mass is 14.8. The van der Waals surface area contributed by atoms with Crippen LogP contribution in [0.2, 0.25) is 0 Å². The molecule has 0 heterocycles. The van der Waals surface area contributed by atoms with Gasteiger partial charge in [-0.3, -0.25) is 0 Å². The molecule has 2 N–H and O–H groups in total. The minimum Gasteiger partial charge on any atom is -0.316 e. The molecule has 1 aromatic rings. The molecule has 1 aromatic carbocycles. The van der Waals surface area contributed by atoms with Gasteiger partial charge in [-0.2, -0.15) is 0 Å². The van der Waals surface area contributed by atoms with Gasteiger partial charge in [0.1, 0.15) is 0 Å². The molecule has 0 saturated heterocycles. The summed E-state index contributed by atoms with van der Waals surface area (Å²) in [7, 11) is 1.97. The molecule has 0 saturated carbocycles. The Kier molecular flexibility index (Phi) is 4.50. The molecule has 72 valence electrons. The van der Waals surface area contributed by atoms with E-state index in [0.29, 0.717) is 0 Å². The van der Waals surface area contributed by atoms with E-state index in [9.17, 15) is 0 Å². The quantitative estimate of drug-likeness (QED) is 0.714. The molecular formula is C11H18N2. The van der Waals surface area contributed by atoms with E-state index in [4.69, 9.17) is 0 Å². The average Bonchev–Trinajstić information content (AvgIpc) is 2.16. The Morgan fingerprint density at radius 3 is 2.46 bits per heavy atom. The predicted octanol–water partition coefficient (Wildman–Crippen LogP) is 1.52. The maximum absolute atomic E-state index is 3.31. The third-order valence-electron chi connectivity index (χ3n) is 1.95. The summed E-state index contributed by atoms with van der Waals surface area (Å²) in [5.74, 6) is 0. The van der Waals surface area contributed by atoms with Crippen LogP contribution in [-0.4, -0.2) is 13.6 Å². The van der Waals surface area contributed by atoms with Crippen LogP contribution in [0.3, 0.4) is 0 Å². The van der Waals surface area contributed by atoms with Gasteiger partial charge in [-0.05, 0) is 24.7 Å². The third kappa shape index (κ3) is 3.57. The predicted molar refractivity (Wildman–Crippen MR) is 56.6 cm³/mol. The fraction of sp³-hybridized carbons (Fsp3) is 0.455. The maximum Gasteiger partial charge on any atom is 0.0205 e. The molecule has 2 heteroatoms. The van der Waals surface area contributed by atoms with Crippen LogP contribution in [0.1, 0.15) is 18.1 Å². The molecule has 0 aliphatic rings. The third-order valence-corrected chi connectivity index (χ3v) is 1.95.